The SMILES string of the molecule is CC(C)CC(NC(=O)[C@@H]1CCCC[C@@H]1NC(=O)c1ccccc1CN(C)C)C(=O)c1nnc(SC(C)C)o1. The number of thioether (sulfide) groups is 1. The zero-order valence-corrected chi connectivity index (χ0v) is 24.1. The summed E-state index contributed by atoms with van der Waals surface area (Å²) in [5.74, 6) is -1.15. The number of carbonyl (C=O) groups excluding carboxylic acids is 3. The van der Waals surface area contributed by atoms with Crippen LogP contribution in [0.1, 0.15) is 86.4 Å². The molecule has 0 aliphatic heterocycles. The predicted octanol–water partition coefficient (Wildman–Crippen LogP) is 4.33. The third-order valence-electron chi connectivity index (χ3n) is 6.46. The predicted molar refractivity (Wildman–Crippen MR) is 148 cm³/mol. The van der Waals surface area contributed by atoms with Crippen LogP contribution in [0, 0.1) is 11.8 Å². The molecule has 3 atom stereocenters. The number of aromatic nitrogens is 2. The van der Waals surface area contributed by atoms with E-state index in [2.05, 4.69) is 20.8 Å². The molecule has 1 saturated carbocycles. The van der Waals surface area contributed by atoms with Gasteiger partial charge in [-0.3, -0.25) is 14.4 Å². The molecule has 1 aliphatic carbocycles. The van der Waals surface area contributed by atoms with E-state index in [0.29, 0.717) is 36.6 Å². The smallest absolute Gasteiger partial charge is 0.286 e. The van der Waals surface area contributed by atoms with Crippen molar-refractivity contribution in [3.05, 3.63) is 41.3 Å². The molecule has 38 heavy (non-hydrogen) atoms. The minimum Gasteiger partial charge on any atom is -0.408 e. The van der Waals surface area contributed by atoms with Crippen molar-refractivity contribution in [3.63, 3.8) is 0 Å². The Labute approximate surface area is 229 Å². The molecule has 1 aromatic carbocycles. The second-order valence-electron chi connectivity index (χ2n) is 11.0. The number of hydrogen-bond donors (Lipinski definition) is 2. The molecule has 1 aromatic heterocycles. The third-order valence-corrected chi connectivity index (χ3v) is 7.30. The summed E-state index contributed by atoms with van der Waals surface area (Å²) in [4.78, 5) is 42.1. The van der Waals surface area contributed by atoms with E-state index in [1.165, 1.54) is 11.8 Å². The van der Waals surface area contributed by atoms with E-state index in [4.69, 9.17) is 4.42 Å². The van der Waals surface area contributed by atoms with Gasteiger partial charge in [-0.05, 0) is 50.9 Å². The fourth-order valence-electron chi connectivity index (χ4n) is 4.77. The van der Waals surface area contributed by atoms with Gasteiger partial charge in [-0.1, -0.05) is 70.5 Å². The molecule has 9 nitrogen and oxygen atoms in total. The van der Waals surface area contributed by atoms with E-state index in [-0.39, 0.29) is 40.7 Å². The highest BCUT2D eigenvalue weighted by molar-refractivity contribution is 7.99. The van der Waals surface area contributed by atoms with Crippen LogP contribution >= 0.6 is 11.8 Å². The molecule has 0 radical (unpaired) electrons. The zero-order chi connectivity index (χ0) is 27.8. The van der Waals surface area contributed by atoms with Gasteiger partial charge in [0.25, 0.3) is 17.0 Å². The molecule has 2 aromatic rings. The first-order valence-corrected chi connectivity index (χ1v) is 14.3. The van der Waals surface area contributed by atoms with E-state index < -0.39 is 12.0 Å². The number of hydrogen-bond acceptors (Lipinski definition) is 8. The van der Waals surface area contributed by atoms with Crippen LogP contribution in [0.2, 0.25) is 0 Å². The Morgan fingerprint density at radius 3 is 2.47 bits per heavy atom. The highest BCUT2D eigenvalue weighted by atomic mass is 32.2. The number of ketones is 1. The molecule has 2 amide bonds. The summed E-state index contributed by atoms with van der Waals surface area (Å²) in [5, 5.41) is 14.6. The van der Waals surface area contributed by atoms with Crippen LogP contribution in [-0.2, 0) is 11.3 Å². The van der Waals surface area contributed by atoms with Crippen LogP contribution in [0.15, 0.2) is 33.9 Å². The van der Waals surface area contributed by atoms with Crippen LogP contribution in [0.5, 0.6) is 0 Å². The Bertz CT molecular complexity index is 1100. The van der Waals surface area contributed by atoms with Gasteiger partial charge in [0.2, 0.25) is 11.7 Å². The minimum atomic E-state index is -0.779. The van der Waals surface area contributed by atoms with Gasteiger partial charge < -0.3 is 20.0 Å². The molecule has 2 N–H and O–H groups in total. The Balaban J connectivity index is 1.73. The molecule has 1 heterocycles. The highest BCUT2D eigenvalue weighted by Crippen LogP contribution is 2.27. The fourth-order valence-corrected chi connectivity index (χ4v) is 5.39. The van der Waals surface area contributed by atoms with Crippen molar-refractivity contribution < 1.29 is 18.8 Å². The average molecular weight is 544 g/mol. The van der Waals surface area contributed by atoms with E-state index in [0.717, 1.165) is 18.4 Å². The lowest BCUT2D eigenvalue weighted by Gasteiger charge is -2.32. The zero-order valence-electron chi connectivity index (χ0n) is 23.3. The quantitative estimate of drug-likeness (QED) is 0.300. The summed E-state index contributed by atoms with van der Waals surface area (Å²) < 4.78 is 5.59. The van der Waals surface area contributed by atoms with Crippen molar-refractivity contribution in [2.24, 2.45) is 11.8 Å². The number of carbonyl (C=O) groups is 3. The van der Waals surface area contributed by atoms with Gasteiger partial charge in [0.1, 0.15) is 0 Å². The van der Waals surface area contributed by atoms with E-state index in [1.807, 2.05) is 71.0 Å². The lowest BCUT2D eigenvalue weighted by molar-refractivity contribution is -0.127. The van der Waals surface area contributed by atoms with Gasteiger partial charge in [0.15, 0.2) is 0 Å². The normalized spacial score (nSPS) is 18.6. The van der Waals surface area contributed by atoms with E-state index in [1.54, 1.807) is 0 Å². The molecular weight excluding hydrogens is 502 g/mol. The fraction of sp³-hybridized carbons (Fsp3) is 0.607. The number of nitrogens with one attached hydrogen (secondary N) is 2. The molecule has 208 valence electrons. The van der Waals surface area contributed by atoms with Crippen LogP contribution < -0.4 is 10.6 Å². The number of benzene rings is 1. The lowest BCUT2D eigenvalue weighted by atomic mass is 9.83. The van der Waals surface area contributed by atoms with E-state index in [9.17, 15) is 14.4 Å². The molecule has 0 saturated heterocycles. The summed E-state index contributed by atoms with van der Waals surface area (Å²) >= 11 is 1.38. The van der Waals surface area contributed by atoms with E-state index >= 15 is 0 Å². The second-order valence-corrected chi connectivity index (χ2v) is 12.5. The van der Waals surface area contributed by atoms with Crippen LogP contribution in [-0.4, -0.2) is 64.1 Å². The maximum atomic E-state index is 13.5. The Morgan fingerprint density at radius 2 is 1.79 bits per heavy atom. The maximum Gasteiger partial charge on any atom is 0.286 e. The van der Waals surface area contributed by atoms with Crippen molar-refractivity contribution in [2.45, 2.75) is 88.9 Å². The Kier molecular flexibility index (Phi) is 10.9. The molecule has 1 unspecified atom stereocenters. The third kappa shape index (κ3) is 8.39. The molecule has 0 bridgehead atoms. The maximum absolute atomic E-state index is 13.5. The van der Waals surface area contributed by atoms with Crippen LogP contribution in [0.25, 0.3) is 0 Å². The minimum absolute atomic E-state index is 0.0925. The van der Waals surface area contributed by atoms with Gasteiger partial charge >= 0.3 is 0 Å². The summed E-state index contributed by atoms with van der Waals surface area (Å²) in [6.45, 7) is 8.63. The Hall–Kier alpha value is -2.72. The van der Waals surface area contributed by atoms with Crippen LogP contribution in [0.3, 0.4) is 0 Å². The van der Waals surface area contributed by atoms with Gasteiger partial charge in [-0.15, -0.1) is 10.2 Å². The molecule has 1 fully saturated rings. The largest absolute Gasteiger partial charge is 0.408 e. The second kappa shape index (κ2) is 13.9. The first-order valence-electron chi connectivity index (χ1n) is 13.4. The number of nitrogens with zero attached hydrogens (tertiary/aromatic N) is 3. The number of Topliss-reactive ketones (excluding diaryl/α,β-unsaturated/α-hetero) is 1. The molecule has 3 rings (SSSR count). The first-order chi connectivity index (χ1) is 18.0. The van der Waals surface area contributed by atoms with Gasteiger partial charge in [-0.25, -0.2) is 0 Å². The van der Waals surface area contributed by atoms with Crippen molar-refractivity contribution in [1.29, 1.82) is 0 Å². The highest BCUT2D eigenvalue weighted by Gasteiger charge is 2.36. The Morgan fingerprint density at radius 1 is 1.08 bits per heavy atom. The van der Waals surface area contributed by atoms with Gasteiger partial charge in [0, 0.05) is 23.4 Å². The molecule has 10 heteroatoms. The van der Waals surface area contributed by atoms with Crippen molar-refractivity contribution >= 4 is 29.4 Å². The average Bonchev–Trinajstić information content (AvgIpc) is 3.30. The summed E-state index contributed by atoms with van der Waals surface area (Å²) in [6.07, 6.45) is 3.63. The van der Waals surface area contributed by atoms with Gasteiger partial charge in [0.05, 0.1) is 12.0 Å². The molecule has 1 aliphatic rings. The summed E-state index contributed by atoms with van der Waals surface area (Å²) in [7, 11) is 3.92. The number of amides is 2. The van der Waals surface area contributed by atoms with Crippen molar-refractivity contribution in [2.75, 3.05) is 14.1 Å². The topological polar surface area (TPSA) is 117 Å². The van der Waals surface area contributed by atoms with Crippen molar-refractivity contribution in [1.82, 2.24) is 25.7 Å². The monoisotopic (exact) mass is 543 g/mol. The number of rotatable bonds is 12. The molecular formula is C28H41N5O4S. The lowest BCUT2D eigenvalue weighted by Crippen LogP contribution is -2.52. The van der Waals surface area contributed by atoms with Crippen molar-refractivity contribution in [3.8, 4) is 0 Å². The first kappa shape index (κ1) is 29.8. The standard InChI is InChI=1S/C28H41N5O4S/c1-17(2)15-23(24(34)27-31-32-28(37-27)38-18(3)4)30-26(36)21-13-9-10-14-22(21)29-25(35)20-12-8-7-11-19(20)16-33(5)6/h7-8,11-12,17-18,21-23H,9-10,13-16H2,1-6H3,(H,29,35)(H,30,36)/t21-,22+,23?/m1/s1. The molecule has 0 spiro atoms. The summed E-state index contributed by atoms with van der Waals surface area (Å²) in [6, 6.07) is 6.45. The summed E-state index contributed by atoms with van der Waals surface area (Å²) in [5.41, 5.74) is 1.55. The van der Waals surface area contributed by atoms with Crippen LogP contribution in [0.4, 0.5) is 0 Å². The van der Waals surface area contributed by atoms with Gasteiger partial charge in [-0.2, -0.15) is 0 Å².